The molecule has 7 nitrogen and oxygen atoms in total. The first kappa shape index (κ1) is 22.3. The number of ether oxygens (including phenoxy) is 2. The van der Waals surface area contributed by atoms with Crippen LogP contribution in [0.15, 0.2) is 61.3 Å². The maximum absolute atomic E-state index is 12.5. The summed E-state index contributed by atoms with van der Waals surface area (Å²) in [6.07, 6.45) is 5.15. The Morgan fingerprint density at radius 3 is 2.21 bits per heavy atom. The molecular formula is C21H26N4O3S. The molecule has 0 fully saturated rings. The standard InChI is InChI=1S/C21H26N4O3S/c1-6-9-24(10-7-2)19(26)15-29-21-23-22-20(25(21)11-8-3)16-12-17(27-4)14-18(13-16)28-5/h6-8,12-14H,1-3,9-11,15H2,4-5H3. The molecule has 2 aromatic rings. The van der Waals surface area contributed by atoms with Gasteiger partial charge in [0, 0.05) is 31.3 Å². The molecule has 1 amide bonds. The zero-order valence-corrected chi connectivity index (χ0v) is 17.7. The van der Waals surface area contributed by atoms with Gasteiger partial charge in [-0.25, -0.2) is 0 Å². The lowest BCUT2D eigenvalue weighted by molar-refractivity contribution is -0.127. The predicted octanol–water partition coefficient (Wildman–Crippen LogP) is 3.44. The SMILES string of the molecule is C=CCN(CC=C)C(=O)CSc1nnc(-c2cc(OC)cc(OC)c2)n1CC=C. The number of benzene rings is 1. The minimum absolute atomic E-state index is 0.0208. The summed E-state index contributed by atoms with van der Waals surface area (Å²) < 4.78 is 12.6. The molecule has 0 aliphatic heterocycles. The number of nitrogens with zero attached hydrogens (tertiary/aromatic N) is 4. The minimum Gasteiger partial charge on any atom is -0.497 e. The smallest absolute Gasteiger partial charge is 0.233 e. The largest absolute Gasteiger partial charge is 0.497 e. The molecule has 0 N–H and O–H groups in total. The average molecular weight is 415 g/mol. The van der Waals surface area contributed by atoms with Crippen LogP contribution in [0.5, 0.6) is 11.5 Å². The topological polar surface area (TPSA) is 69.5 Å². The van der Waals surface area contributed by atoms with E-state index in [9.17, 15) is 4.79 Å². The highest BCUT2D eigenvalue weighted by Crippen LogP contribution is 2.31. The number of allylic oxidation sites excluding steroid dienone is 1. The van der Waals surface area contributed by atoms with Crippen molar-refractivity contribution >= 4 is 17.7 Å². The third-order valence-corrected chi connectivity index (χ3v) is 4.97. The quantitative estimate of drug-likeness (QED) is 0.391. The molecule has 2 rings (SSSR count). The molecule has 0 atom stereocenters. The van der Waals surface area contributed by atoms with E-state index in [4.69, 9.17) is 9.47 Å². The molecule has 0 saturated carbocycles. The Morgan fingerprint density at radius 1 is 1.07 bits per heavy atom. The van der Waals surface area contributed by atoms with Crippen molar-refractivity contribution in [1.29, 1.82) is 0 Å². The van der Waals surface area contributed by atoms with Gasteiger partial charge in [-0.15, -0.1) is 29.9 Å². The van der Waals surface area contributed by atoms with Crippen molar-refractivity contribution in [3.05, 3.63) is 56.2 Å². The second kappa shape index (κ2) is 11.1. The summed E-state index contributed by atoms with van der Waals surface area (Å²) in [7, 11) is 3.19. The normalized spacial score (nSPS) is 10.3. The van der Waals surface area contributed by atoms with Crippen LogP contribution >= 0.6 is 11.8 Å². The summed E-state index contributed by atoms with van der Waals surface area (Å²) in [5.74, 6) is 2.17. The van der Waals surface area contributed by atoms with Crippen molar-refractivity contribution in [2.75, 3.05) is 33.1 Å². The van der Waals surface area contributed by atoms with Gasteiger partial charge in [0.15, 0.2) is 11.0 Å². The second-order valence-electron chi connectivity index (χ2n) is 5.97. The van der Waals surface area contributed by atoms with Crippen molar-refractivity contribution in [3.8, 4) is 22.9 Å². The van der Waals surface area contributed by atoms with Crippen LogP contribution < -0.4 is 9.47 Å². The highest BCUT2D eigenvalue weighted by Gasteiger charge is 2.18. The van der Waals surface area contributed by atoms with Crippen LogP contribution in [0.1, 0.15) is 0 Å². The first-order valence-electron chi connectivity index (χ1n) is 8.97. The number of thioether (sulfide) groups is 1. The van der Waals surface area contributed by atoms with Crippen LogP contribution in [0.4, 0.5) is 0 Å². The van der Waals surface area contributed by atoms with Gasteiger partial charge in [0.05, 0.1) is 20.0 Å². The second-order valence-corrected chi connectivity index (χ2v) is 6.91. The predicted molar refractivity (Wildman–Crippen MR) is 116 cm³/mol. The van der Waals surface area contributed by atoms with Crippen LogP contribution in [-0.2, 0) is 11.3 Å². The van der Waals surface area contributed by atoms with Crippen molar-refractivity contribution in [3.63, 3.8) is 0 Å². The van der Waals surface area contributed by atoms with E-state index in [1.165, 1.54) is 11.8 Å². The lowest BCUT2D eigenvalue weighted by Crippen LogP contribution is -2.32. The number of rotatable bonds is 12. The Bertz CT molecular complexity index is 847. The van der Waals surface area contributed by atoms with Gasteiger partial charge < -0.3 is 14.4 Å². The van der Waals surface area contributed by atoms with Crippen LogP contribution in [0.25, 0.3) is 11.4 Å². The van der Waals surface area contributed by atoms with Crippen molar-refractivity contribution in [1.82, 2.24) is 19.7 Å². The Hall–Kier alpha value is -3.00. The zero-order chi connectivity index (χ0) is 21.2. The molecule has 8 heteroatoms. The average Bonchev–Trinajstić information content (AvgIpc) is 3.14. The van der Waals surface area contributed by atoms with Crippen molar-refractivity contribution in [2.24, 2.45) is 0 Å². The summed E-state index contributed by atoms with van der Waals surface area (Å²) in [6, 6.07) is 5.52. The van der Waals surface area contributed by atoms with Crippen LogP contribution in [0, 0.1) is 0 Å². The summed E-state index contributed by atoms with van der Waals surface area (Å²) in [5.41, 5.74) is 0.800. The van der Waals surface area contributed by atoms with E-state index in [2.05, 4.69) is 29.9 Å². The van der Waals surface area contributed by atoms with Gasteiger partial charge in [0.2, 0.25) is 5.91 Å². The fraction of sp³-hybridized carbons (Fsp3) is 0.286. The molecule has 0 unspecified atom stereocenters. The van der Waals surface area contributed by atoms with E-state index in [0.717, 1.165) is 5.56 Å². The molecule has 0 bridgehead atoms. The Morgan fingerprint density at radius 2 is 1.69 bits per heavy atom. The molecule has 0 aliphatic carbocycles. The lowest BCUT2D eigenvalue weighted by atomic mass is 10.2. The molecule has 0 spiro atoms. The molecule has 0 radical (unpaired) electrons. The van der Waals surface area contributed by atoms with E-state index in [1.54, 1.807) is 43.4 Å². The van der Waals surface area contributed by atoms with E-state index in [0.29, 0.717) is 42.1 Å². The first-order valence-corrected chi connectivity index (χ1v) is 9.96. The molecule has 1 aromatic carbocycles. The molecule has 1 aromatic heterocycles. The number of methoxy groups -OCH3 is 2. The fourth-order valence-electron chi connectivity index (χ4n) is 2.65. The maximum Gasteiger partial charge on any atom is 0.233 e. The van der Waals surface area contributed by atoms with Gasteiger partial charge in [0.1, 0.15) is 11.5 Å². The van der Waals surface area contributed by atoms with Gasteiger partial charge in [0.25, 0.3) is 0 Å². The highest BCUT2D eigenvalue weighted by atomic mass is 32.2. The Labute approximate surface area is 175 Å². The summed E-state index contributed by atoms with van der Waals surface area (Å²) in [4.78, 5) is 14.2. The zero-order valence-electron chi connectivity index (χ0n) is 16.8. The van der Waals surface area contributed by atoms with Crippen LogP contribution in [-0.4, -0.2) is 58.6 Å². The van der Waals surface area contributed by atoms with Gasteiger partial charge in [-0.3, -0.25) is 9.36 Å². The van der Waals surface area contributed by atoms with Crippen molar-refractivity contribution in [2.45, 2.75) is 11.7 Å². The third kappa shape index (κ3) is 5.74. The van der Waals surface area contributed by atoms with E-state index >= 15 is 0 Å². The molecular weight excluding hydrogens is 388 g/mol. The molecule has 29 heavy (non-hydrogen) atoms. The Kier molecular flexibility index (Phi) is 8.54. The molecule has 0 aliphatic rings. The van der Waals surface area contributed by atoms with Gasteiger partial charge in [-0.2, -0.15) is 0 Å². The van der Waals surface area contributed by atoms with Gasteiger partial charge in [-0.1, -0.05) is 30.0 Å². The van der Waals surface area contributed by atoms with Crippen LogP contribution in [0.2, 0.25) is 0 Å². The van der Waals surface area contributed by atoms with Gasteiger partial charge >= 0.3 is 0 Å². The number of amides is 1. The summed E-state index contributed by atoms with van der Waals surface area (Å²) in [5, 5.41) is 9.24. The highest BCUT2D eigenvalue weighted by molar-refractivity contribution is 7.99. The number of aromatic nitrogens is 3. The monoisotopic (exact) mass is 414 g/mol. The summed E-state index contributed by atoms with van der Waals surface area (Å²) in [6.45, 7) is 12.7. The lowest BCUT2D eigenvalue weighted by Gasteiger charge is -2.18. The first-order chi connectivity index (χ1) is 14.1. The summed E-state index contributed by atoms with van der Waals surface area (Å²) >= 11 is 1.33. The van der Waals surface area contributed by atoms with Gasteiger partial charge in [-0.05, 0) is 12.1 Å². The minimum atomic E-state index is -0.0208. The molecule has 0 saturated heterocycles. The van der Waals surface area contributed by atoms with E-state index < -0.39 is 0 Å². The van der Waals surface area contributed by atoms with E-state index in [-0.39, 0.29) is 11.7 Å². The van der Waals surface area contributed by atoms with E-state index in [1.807, 2.05) is 16.7 Å². The maximum atomic E-state index is 12.5. The van der Waals surface area contributed by atoms with Crippen LogP contribution in [0.3, 0.4) is 0 Å². The molecule has 154 valence electrons. The number of carbonyl (C=O) groups excluding carboxylic acids is 1. The molecule has 1 heterocycles. The van der Waals surface area contributed by atoms with Crippen molar-refractivity contribution < 1.29 is 14.3 Å². The fourth-order valence-corrected chi connectivity index (χ4v) is 3.50. The number of hydrogen-bond acceptors (Lipinski definition) is 6. The number of carbonyl (C=O) groups is 1. The Balaban J connectivity index is 2.29. The number of hydrogen-bond donors (Lipinski definition) is 0. The third-order valence-electron chi connectivity index (χ3n) is 4.01.